The van der Waals surface area contributed by atoms with Gasteiger partial charge in [0.05, 0.1) is 6.61 Å². The number of hydrogen-bond donors (Lipinski definition) is 2. The molecule has 0 radical (unpaired) electrons. The molecule has 8 heteroatoms. The highest BCUT2D eigenvalue weighted by molar-refractivity contribution is 5.47. The SMILES string of the molecule is CC(C)N(CCO)c1cc(N)nc(C(F)(F)F)n1. The summed E-state index contributed by atoms with van der Waals surface area (Å²) in [5.41, 5.74) is 5.35. The van der Waals surface area contributed by atoms with Crippen LogP contribution in [0, 0.1) is 0 Å². The molecule has 0 bridgehead atoms. The number of anilines is 2. The lowest BCUT2D eigenvalue weighted by Crippen LogP contribution is -2.34. The van der Waals surface area contributed by atoms with E-state index in [1.165, 1.54) is 11.0 Å². The first-order valence-electron chi connectivity index (χ1n) is 5.35. The van der Waals surface area contributed by atoms with E-state index in [0.29, 0.717) is 0 Å². The Morgan fingerprint density at radius 1 is 1.39 bits per heavy atom. The van der Waals surface area contributed by atoms with Crippen LogP contribution in [0.1, 0.15) is 19.7 Å². The molecule has 0 aromatic carbocycles. The second kappa shape index (κ2) is 5.38. The molecule has 0 fully saturated rings. The van der Waals surface area contributed by atoms with Gasteiger partial charge in [0.25, 0.3) is 0 Å². The molecule has 0 saturated carbocycles. The van der Waals surface area contributed by atoms with Crippen molar-refractivity contribution in [1.29, 1.82) is 0 Å². The summed E-state index contributed by atoms with van der Waals surface area (Å²) in [6.45, 7) is 3.54. The predicted octanol–water partition coefficient (Wildman–Crippen LogP) is 1.28. The fourth-order valence-corrected chi connectivity index (χ4v) is 1.47. The maximum Gasteiger partial charge on any atom is 0.451 e. The van der Waals surface area contributed by atoms with Gasteiger partial charge in [0.2, 0.25) is 5.82 Å². The molecule has 1 rings (SSSR count). The largest absolute Gasteiger partial charge is 0.451 e. The van der Waals surface area contributed by atoms with Crippen molar-refractivity contribution in [3.63, 3.8) is 0 Å². The highest BCUT2D eigenvalue weighted by Crippen LogP contribution is 2.28. The van der Waals surface area contributed by atoms with Crippen LogP contribution in [0.25, 0.3) is 0 Å². The minimum absolute atomic E-state index is 0.0545. The van der Waals surface area contributed by atoms with Crippen molar-refractivity contribution in [3.8, 4) is 0 Å². The molecule has 0 unspecified atom stereocenters. The summed E-state index contributed by atoms with van der Waals surface area (Å²) < 4.78 is 37.6. The average molecular weight is 264 g/mol. The third-order valence-electron chi connectivity index (χ3n) is 2.24. The zero-order valence-electron chi connectivity index (χ0n) is 10.1. The number of hydrogen-bond acceptors (Lipinski definition) is 5. The number of nitrogen functional groups attached to an aromatic ring is 1. The van der Waals surface area contributed by atoms with Crippen molar-refractivity contribution in [2.24, 2.45) is 0 Å². The maximum absolute atomic E-state index is 12.5. The quantitative estimate of drug-likeness (QED) is 0.857. The Hall–Kier alpha value is -1.57. The monoisotopic (exact) mass is 264 g/mol. The van der Waals surface area contributed by atoms with Gasteiger partial charge < -0.3 is 15.7 Å². The van der Waals surface area contributed by atoms with E-state index >= 15 is 0 Å². The predicted molar refractivity (Wildman–Crippen MR) is 61.0 cm³/mol. The van der Waals surface area contributed by atoms with Gasteiger partial charge in [-0.3, -0.25) is 0 Å². The van der Waals surface area contributed by atoms with Gasteiger partial charge >= 0.3 is 6.18 Å². The van der Waals surface area contributed by atoms with Gasteiger partial charge in [-0.15, -0.1) is 0 Å². The molecule has 0 amide bonds. The molecule has 3 N–H and O–H groups in total. The first kappa shape index (κ1) is 14.5. The van der Waals surface area contributed by atoms with Gasteiger partial charge in [0.1, 0.15) is 11.6 Å². The number of rotatable bonds is 4. The van der Waals surface area contributed by atoms with Crippen LogP contribution in [-0.4, -0.2) is 34.3 Å². The van der Waals surface area contributed by atoms with Gasteiger partial charge in [-0.2, -0.15) is 13.2 Å². The summed E-state index contributed by atoms with van der Waals surface area (Å²) in [6, 6.07) is 1.14. The average Bonchev–Trinajstić information content (AvgIpc) is 2.23. The van der Waals surface area contributed by atoms with E-state index in [1.54, 1.807) is 13.8 Å². The Morgan fingerprint density at radius 3 is 2.44 bits per heavy atom. The van der Waals surface area contributed by atoms with E-state index in [0.717, 1.165) is 0 Å². The molecule has 0 aliphatic carbocycles. The van der Waals surface area contributed by atoms with Crippen LogP contribution < -0.4 is 10.6 Å². The summed E-state index contributed by atoms with van der Waals surface area (Å²) in [5.74, 6) is -1.48. The van der Waals surface area contributed by atoms with Crippen LogP contribution >= 0.6 is 0 Å². The molecule has 1 heterocycles. The molecule has 5 nitrogen and oxygen atoms in total. The van der Waals surface area contributed by atoms with Crippen LogP contribution in [0.5, 0.6) is 0 Å². The van der Waals surface area contributed by atoms with Crippen LogP contribution in [0.3, 0.4) is 0 Å². The molecule has 0 aliphatic heterocycles. The Kier molecular flexibility index (Phi) is 4.33. The fourth-order valence-electron chi connectivity index (χ4n) is 1.47. The van der Waals surface area contributed by atoms with Gasteiger partial charge in [-0.25, -0.2) is 9.97 Å². The van der Waals surface area contributed by atoms with Crippen molar-refractivity contribution < 1.29 is 18.3 Å². The van der Waals surface area contributed by atoms with Crippen molar-refractivity contribution in [1.82, 2.24) is 9.97 Å². The number of alkyl halides is 3. The zero-order chi connectivity index (χ0) is 13.9. The first-order chi connectivity index (χ1) is 8.25. The Morgan fingerprint density at radius 2 is 2.00 bits per heavy atom. The third-order valence-corrected chi connectivity index (χ3v) is 2.24. The van der Waals surface area contributed by atoms with Crippen LogP contribution in [0.15, 0.2) is 6.07 Å². The van der Waals surface area contributed by atoms with E-state index in [9.17, 15) is 13.2 Å². The summed E-state index contributed by atoms with van der Waals surface area (Å²) in [4.78, 5) is 8.12. The number of aliphatic hydroxyl groups is 1. The van der Waals surface area contributed by atoms with Gasteiger partial charge in [-0.05, 0) is 13.8 Å². The molecule has 0 spiro atoms. The van der Waals surface area contributed by atoms with E-state index < -0.39 is 12.0 Å². The van der Waals surface area contributed by atoms with Crippen LogP contribution in [0.2, 0.25) is 0 Å². The summed E-state index contributed by atoms with van der Waals surface area (Å²) in [7, 11) is 0. The van der Waals surface area contributed by atoms with Crippen molar-refractivity contribution in [2.75, 3.05) is 23.8 Å². The summed E-state index contributed by atoms with van der Waals surface area (Å²) >= 11 is 0. The lowest BCUT2D eigenvalue weighted by molar-refractivity contribution is -0.144. The lowest BCUT2D eigenvalue weighted by Gasteiger charge is -2.27. The Bertz CT molecular complexity index is 409. The maximum atomic E-state index is 12.5. The minimum Gasteiger partial charge on any atom is -0.395 e. The van der Waals surface area contributed by atoms with Gasteiger partial charge in [-0.1, -0.05) is 0 Å². The van der Waals surface area contributed by atoms with E-state index in [-0.39, 0.29) is 30.8 Å². The second-order valence-corrected chi connectivity index (χ2v) is 3.98. The highest BCUT2D eigenvalue weighted by atomic mass is 19.4. The molecule has 1 aromatic rings. The van der Waals surface area contributed by atoms with Crippen molar-refractivity contribution in [2.45, 2.75) is 26.1 Å². The minimum atomic E-state index is -4.65. The normalized spacial score (nSPS) is 11.9. The highest BCUT2D eigenvalue weighted by Gasteiger charge is 2.35. The number of nitrogens with zero attached hydrogens (tertiary/aromatic N) is 3. The molecule has 102 valence electrons. The standard InChI is InChI=1S/C10H15F3N4O/c1-6(2)17(3-4-18)8-5-7(14)15-9(16-8)10(11,12)13/h5-6,18H,3-4H2,1-2H3,(H2,14,15,16). The van der Waals surface area contributed by atoms with Crippen LogP contribution in [0.4, 0.5) is 24.8 Å². The Balaban J connectivity index is 3.19. The zero-order valence-corrected chi connectivity index (χ0v) is 10.1. The van der Waals surface area contributed by atoms with E-state index in [4.69, 9.17) is 10.8 Å². The van der Waals surface area contributed by atoms with E-state index in [1.807, 2.05) is 0 Å². The number of aliphatic hydroxyl groups excluding tert-OH is 1. The second-order valence-electron chi connectivity index (χ2n) is 3.98. The topological polar surface area (TPSA) is 75.3 Å². The smallest absolute Gasteiger partial charge is 0.395 e. The van der Waals surface area contributed by atoms with Crippen molar-refractivity contribution >= 4 is 11.6 Å². The molecular formula is C10H15F3N4O. The summed E-state index contributed by atoms with van der Waals surface area (Å²) in [5, 5.41) is 8.91. The molecule has 1 aromatic heterocycles. The molecule has 0 atom stereocenters. The van der Waals surface area contributed by atoms with Gasteiger partial charge in [0.15, 0.2) is 0 Å². The Labute approximate surface area is 102 Å². The fraction of sp³-hybridized carbons (Fsp3) is 0.600. The molecule has 0 aliphatic rings. The van der Waals surface area contributed by atoms with Gasteiger partial charge in [0, 0.05) is 18.7 Å². The number of aromatic nitrogens is 2. The lowest BCUT2D eigenvalue weighted by atomic mass is 10.3. The number of nitrogens with two attached hydrogens (primary N) is 1. The number of halogens is 3. The first-order valence-corrected chi connectivity index (χ1v) is 5.35. The summed E-state index contributed by atoms with van der Waals surface area (Å²) in [6.07, 6.45) is -4.65. The molecule has 18 heavy (non-hydrogen) atoms. The molecule has 0 saturated heterocycles. The van der Waals surface area contributed by atoms with E-state index in [2.05, 4.69) is 9.97 Å². The van der Waals surface area contributed by atoms with Crippen molar-refractivity contribution in [3.05, 3.63) is 11.9 Å². The molecular weight excluding hydrogens is 249 g/mol. The third kappa shape index (κ3) is 3.46. The van der Waals surface area contributed by atoms with Crippen LogP contribution in [-0.2, 0) is 6.18 Å².